The van der Waals surface area contributed by atoms with Crippen molar-refractivity contribution in [3.05, 3.63) is 23.8 Å². The van der Waals surface area contributed by atoms with Gasteiger partial charge in [0.05, 0.1) is 6.61 Å². The van der Waals surface area contributed by atoms with E-state index in [1.165, 1.54) is 0 Å². The first kappa shape index (κ1) is 15.5. The zero-order chi connectivity index (χ0) is 14.4. The smallest absolute Gasteiger partial charge is 0.257 e. The standard InChI is InChI=1S/C13H20N2O3S/c1-4-18-11-7-5-6-10(14)12(11)13(16)15-8-9(2)19(3)17/h5-7,9H,4,8,14H2,1-3H3,(H,15,16). The molecule has 1 aromatic carbocycles. The van der Waals surface area contributed by atoms with Crippen LogP contribution >= 0.6 is 0 Å². The second-order valence-electron chi connectivity index (χ2n) is 4.17. The van der Waals surface area contributed by atoms with Crippen LogP contribution in [0.5, 0.6) is 5.75 Å². The summed E-state index contributed by atoms with van der Waals surface area (Å²) in [7, 11) is -0.974. The summed E-state index contributed by atoms with van der Waals surface area (Å²) < 4.78 is 16.6. The van der Waals surface area contributed by atoms with E-state index in [0.29, 0.717) is 30.2 Å². The molecule has 0 radical (unpaired) electrons. The molecule has 1 rings (SSSR count). The van der Waals surface area contributed by atoms with Crippen LogP contribution in [0.3, 0.4) is 0 Å². The Kier molecular flexibility index (Phi) is 5.82. The average Bonchev–Trinajstić information content (AvgIpc) is 2.36. The second-order valence-corrected chi connectivity index (χ2v) is 5.97. The minimum Gasteiger partial charge on any atom is -0.493 e. The highest BCUT2D eigenvalue weighted by Crippen LogP contribution is 2.24. The first-order valence-corrected chi connectivity index (χ1v) is 7.71. The van der Waals surface area contributed by atoms with E-state index >= 15 is 0 Å². The van der Waals surface area contributed by atoms with Crippen molar-refractivity contribution in [1.29, 1.82) is 0 Å². The molecule has 1 aromatic rings. The molecule has 1 amide bonds. The normalized spacial score (nSPS) is 13.6. The summed E-state index contributed by atoms with van der Waals surface area (Å²) in [4.78, 5) is 12.1. The van der Waals surface area contributed by atoms with Crippen LogP contribution in [-0.2, 0) is 10.8 Å². The van der Waals surface area contributed by atoms with E-state index < -0.39 is 10.8 Å². The van der Waals surface area contributed by atoms with Gasteiger partial charge in [0.2, 0.25) is 0 Å². The summed E-state index contributed by atoms with van der Waals surface area (Å²) in [5.41, 5.74) is 6.52. The Morgan fingerprint density at radius 1 is 1.53 bits per heavy atom. The van der Waals surface area contributed by atoms with Gasteiger partial charge in [-0.3, -0.25) is 9.00 Å². The lowest BCUT2D eigenvalue weighted by Crippen LogP contribution is -2.33. The maximum atomic E-state index is 12.1. The molecule has 0 aliphatic heterocycles. The minimum absolute atomic E-state index is 0.107. The quantitative estimate of drug-likeness (QED) is 0.768. The molecule has 0 saturated carbocycles. The van der Waals surface area contributed by atoms with Gasteiger partial charge < -0.3 is 15.8 Å². The molecule has 0 bridgehead atoms. The largest absolute Gasteiger partial charge is 0.493 e. The summed E-state index contributed by atoms with van der Waals surface area (Å²) in [5.74, 6) is 0.157. The predicted molar refractivity (Wildman–Crippen MR) is 77.9 cm³/mol. The van der Waals surface area contributed by atoms with Gasteiger partial charge in [-0.1, -0.05) is 6.07 Å². The fraction of sp³-hybridized carbons (Fsp3) is 0.462. The van der Waals surface area contributed by atoms with Crippen molar-refractivity contribution in [2.45, 2.75) is 19.1 Å². The van der Waals surface area contributed by atoms with Gasteiger partial charge in [0.25, 0.3) is 5.91 Å². The first-order chi connectivity index (χ1) is 8.97. The third kappa shape index (κ3) is 4.24. The monoisotopic (exact) mass is 284 g/mol. The summed E-state index contributed by atoms with van der Waals surface area (Å²) in [6.07, 6.45) is 1.61. The highest BCUT2D eigenvalue weighted by molar-refractivity contribution is 7.84. The Morgan fingerprint density at radius 3 is 2.79 bits per heavy atom. The van der Waals surface area contributed by atoms with E-state index in [4.69, 9.17) is 10.5 Å². The zero-order valence-electron chi connectivity index (χ0n) is 11.4. The lowest BCUT2D eigenvalue weighted by atomic mass is 10.1. The highest BCUT2D eigenvalue weighted by atomic mass is 32.2. The molecule has 2 unspecified atom stereocenters. The topological polar surface area (TPSA) is 81.4 Å². The summed E-state index contributed by atoms with van der Waals surface area (Å²) in [5, 5.41) is 2.62. The number of ether oxygens (including phenoxy) is 1. The third-order valence-electron chi connectivity index (χ3n) is 2.70. The maximum absolute atomic E-state index is 12.1. The van der Waals surface area contributed by atoms with Crippen LogP contribution in [0.25, 0.3) is 0 Å². The number of nitrogens with two attached hydrogens (primary N) is 1. The molecule has 5 nitrogen and oxygen atoms in total. The Hall–Kier alpha value is -1.56. The molecule has 0 aliphatic carbocycles. The van der Waals surface area contributed by atoms with Gasteiger partial charge in [0.15, 0.2) is 0 Å². The Bertz CT molecular complexity index is 477. The van der Waals surface area contributed by atoms with Gasteiger partial charge in [-0.05, 0) is 26.0 Å². The van der Waals surface area contributed by atoms with Crippen molar-refractivity contribution in [3.8, 4) is 5.75 Å². The number of carbonyl (C=O) groups excluding carboxylic acids is 1. The van der Waals surface area contributed by atoms with Crippen molar-refractivity contribution < 1.29 is 13.7 Å². The lowest BCUT2D eigenvalue weighted by Gasteiger charge is -2.14. The van der Waals surface area contributed by atoms with Crippen LogP contribution < -0.4 is 15.8 Å². The van der Waals surface area contributed by atoms with E-state index in [1.807, 2.05) is 13.8 Å². The third-order valence-corrected chi connectivity index (χ3v) is 4.00. The van der Waals surface area contributed by atoms with Crippen molar-refractivity contribution in [2.24, 2.45) is 0 Å². The molecular weight excluding hydrogens is 264 g/mol. The number of anilines is 1. The number of nitrogen functional groups attached to an aromatic ring is 1. The van der Waals surface area contributed by atoms with Gasteiger partial charge in [-0.15, -0.1) is 0 Å². The molecule has 2 atom stereocenters. The van der Waals surface area contributed by atoms with E-state index in [2.05, 4.69) is 5.32 Å². The van der Waals surface area contributed by atoms with Crippen molar-refractivity contribution in [1.82, 2.24) is 5.32 Å². The predicted octanol–water partition coefficient (Wildman–Crippen LogP) is 1.16. The lowest BCUT2D eigenvalue weighted by molar-refractivity contribution is 0.0951. The fourth-order valence-electron chi connectivity index (χ4n) is 1.51. The molecule has 0 heterocycles. The Balaban J connectivity index is 2.84. The second kappa shape index (κ2) is 7.13. The SMILES string of the molecule is CCOc1cccc(N)c1C(=O)NCC(C)S(C)=O. The number of benzene rings is 1. The molecule has 19 heavy (non-hydrogen) atoms. The Labute approximate surface area is 116 Å². The number of hydrogen-bond acceptors (Lipinski definition) is 4. The van der Waals surface area contributed by atoms with E-state index in [9.17, 15) is 9.00 Å². The highest BCUT2D eigenvalue weighted by Gasteiger charge is 2.17. The molecule has 0 aromatic heterocycles. The molecular formula is C13H20N2O3S. The Morgan fingerprint density at radius 2 is 2.21 bits per heavy atom. The number of amides is 1. The molecule has 0 aliphatic rings. The van der Waals surface area contributed by atoms with Gasteiger partial charge in [-0.2, -0.15) is 0 Å². The number of nitrogens with one attached hydrogen (secondary N) is 1. The summed E-state index contributed by atoms with van der Waals surface area (Å²) >= 11 is 0. The van der Waals surface area contributed by atoms with E-state index in [1.54, 1.807) is 24.5 Å². The fourth-order valence-corrected chi connectivity index (χ4v) is 1.83. The van der Waals surface area contributed by atoms with Crippen LogP contribution in [0.15, 0.2) is 18.2 Å². The van der Waals surface area contributed by atoms with Crippen LogP contribution in [0, 0.1) is 0 Å². The number of hydrogen-bond donors (Lipinski definition) is 2. The zero-order valence-corrected chi connectivity index (χ0v) is 12.3. The van der Waals surface area contributed by atoms with Crippen LogP contribution in [-0.4, -0.2) is 34.8 Å². The number of carbonyl (C=O) groups is 1. The van der Waals surface area contributed by atoms with Crippen molar-refractivity contribution >= 4 is 22.4 Å². The van der Waals surface area contributed by atoms with Gasteiger partial charge in [0.1, 0.15) is 11.3 Å². The minimum atomic E-state index is -0.974. The van der Waals surface area contributed by atoms with Crippen LogP contribution in [0.1, 0.15) is 24.2 Å². The first-order valence-electron chi connectivity index (χ1n) is 6.09. The summed E-state index contributed by atoms with van der Waals surface area (Å²) in [6, 6.07) is 5.09. The van der Waals surface area contributed by atoms with E-state index in [-0.39, 0.29) is 11.2 Å². The van der Waals surface area contributed by atoms with Crippen molar-refractivity contribution in [3.63, 3.8) is 0 Å². The molecule has 0 fully saturated rings. The molecule has 106 valence electrons. The maximum Gasteiger partial charge on any atom is 0.257 e. The molecule has 0 saturated heterocycles. The van der Waals surface area contributed by atoms with E-state index in [0.717, 1.165) is 0 Å². The van der Waals surface area contributed by atoms with Crippen molar-refractivity contribution in [2.75, 3.05) is 25.1 Å². The molecule has 6 heteroatoms. The van der Waals surface area contributed by atoms with Gasteiger partial charge in [0, 0.05) is 34.5 Å². The molecule has 3 N–H and O–H groups in total. The molecule has 0 spiro atoms. The van der Waals surface area contributed by atoms with Gasteiger partial charge in [-0.25, -0.2) is 0 Å². The van der Waals surface area contributed by atoms with Crippen LogP contribution in [0.4, 0.5) is 5.69 Å². The average molecular weight is 284 g/mol. The van der Waals surface area contributed by atoms with Crippen LogP contribution in [0.2, 0.25) is 0 Å². The summed E-state index contributed by atoms with van der Waals surface area (Å²) in [6.45, 7) is 4.45. The van der Waals surface area contributed by atoms with Gasteiger partial charge >= 0.3 is 0 Å². The number of rotatable bonds is 6.